The molecular formula is C14H12Cl2N2O3. The van der Waals surface area contributed by atoms with Gasteiger partial charge in [0.05, 0.1) is 17.7 Å². The Balaban J connectivity index is 2.16. The maximum atomic E-state index is 12.1. The lowest BCUT2D eigenvalue weighted by Gasteiger charge is -2.07. The van der Waals surface area contributed by atoms with Gasteiger partial charge >= 0.3 is 5.97 Å². The number of ether oxygens (including phenoxy) is 1. The molecule has 0 spiro atoms. The van der Waals surface area contributed by atoms with Crippen LogP contribution in [-0.2, 0) is 11.8 Å². The van der Waals surface area contributed by atoms with E-state index in [1.807, 2.05) is 0 Å². The van der Waals surface area contributed by atoms with Gasteiger partial charge in [-0.25, -0.2) is 4.79 Å². The normalized spacial score (nSPS) is 10.3. The molecule has 0 aliphatic heterocycles. The summed E-state index contributed by atoms with van der Waals surface area (Å²) >= 11 is 11.8. The largest absolute Gasteiger partial charge is 0.465 e. The summed E-state index contributed by atoms with van der Waals surface area (Å²) in [5.74, 6) is -0.786. The zero-order valence-corrected chi connectivity index (χ0v) is 12.8. The first-order chi connectivity index (χ1) is 9.93. The second kappa shape index (κ2) is 6.20. The summed E-state index contributed by atoms with van der Waals surface area (Å²) in [5, 5.41) is 3.30. The lowest BCUT2D eigenvalue weighted by Crippen LogP contribution is -2.15. The third kappa shape index (κ3) is 3.20. The first-order valence-electron chi connectivity index (χ1n) is 5.94. The second-order valence-corrected chi connectivity index (χ2v) is 5.02. The van der Waals surface area contributed by atoms with Crippen molar-refractivity contribution < 1.29 is 14.3 Å². The molecule has 1 heterocycles. The highest BCUT2D eigenvalue weighted by molar-refractivity contribution is 6.42. The third-order valence-electron chi connectivity index (χ3n) is 2.91. The zero-order chi connectivity index (χ0) is 15.6. The Hall–Kier alpha value is -1.98. The Labute approximate surface area is 131 Å². The summed E-state index contributed by atoms with van der Waals surface area (Å²) in [4.78, 5) is 23.4. The van der Waals surface area contributed by atoms with E-state index in [2.05, 4.69) is 10.1 Å². The molecule has 0 unspecified atom stereocenters. The van der Waals surface area contributed by atoms with E-state index in [0.717, 1.165) is 0 Å². The molecule has 5 nitrogen and oxygen atoms in total. The molecule has 0 atom stereocenters. The minimum atomic E-state index is -0.436. The Bertz CT molecular complexity index is 693. The highest BCUT2D eigenvalue weighted by Gasteiger charge is 2.16. The van der Waals surface area contributed by atoms with Gasteiger partial charge in [-0.15, -0.1) is 0 Å². The lowest BCUT2D eigenvalue weighted by molar-refractivity contribution is 0.0600. The molecule has 1 amide bonds. The van der Waals surface area contributed by atoms with Crippen molar-refractivity contribution in [2.24, 2.45) is 7.05 Å². The predicted molar refractivity (Wildman–Crippen MR) is 81.2 cm³/mol. The maximum Gasteiger partial charge on any atom is 0.337 e. The third-order valence-corrected chi connectivity index (χ3v) is 3.75. The Morgan fingerprint density at radius 2 is 1.81 bits per heavy atom. The van der Waals surface area contributed by atoms with Gasteiger partial charge in [-0.3, -0.25) is 4.79 Å². The van der Waals surface area contributed by atoms with Crippen LogP contribution in [0.25, 0.3) is 0 Å². The van der Waals surface area contributed by atoms with E-state index < -0.39 is 5.97 Å². The molecule has 0 radical (unpaired) electrons. The van der Waals surface area contributed by atoms with E-state index in [9.17, 15) is 9.59 Å². The minimum Gasteiger partial charge on any atom is -0.465 e. The van der Waals surface area contributed by atoms with Gasteiger partial charge < -0.3 is 14.6 Å². The number of esters is 1. The first-order valence-corrected chi connectivity index (χ1v) is 6.70. The molecule has 0 saturated carbocycles. The smallest absolute Gasteiger partial charge is 0.337 e. The van der Waals surface area contributed by atoms with Crippen molar-refractivity contribution in [3.63, 3.8) is 0 Å². The minimum absolute atomic E-state index is 0.294. The molecule has 2 rings (SSSR count). The molecule has 0 bridgehead atoms. The number of hydrogen-bond acceptors (Lipinski definition) is 3. The number of halogens is 2. The number of anilines is 1. The van der Waals surface area contributed by atoms with E-state index in [0.29, 0.717) is 27.1 Å². The van der Waals surface area contributed by atoms with Gasteiger partial charge in [0.15, 0.2) is 0 Å². The van der Waals surface area contributed by atoms with E-state index in [1.165, 1.54) is 17.7 Å². The van der Waals surface area contributed by atoms with Crippen LogP contribution < -0.4 is 5.32 Å². The average molecular weight is 327 g/mol. The van der Waals surface area contributed by atoms with Gasteiger partial charge in [0.1, 0.15) is 10.8 Å². The number of carbonyl (C=O) groups is 2. The van der Waals surface area contributed by atoms with Crippen molar-refractivity contribution in [2.75, 3.05) is 12.4 Å². The summed E-state index contributed by atoms with van der Waals surface area (Å²) in [7, 11) is 2.95. The number of aromatic nitrogens is 1. The van der Waals surface area contributed by atoms with Crippen LogP contribution in [-0.4, -0.2) is 23.6 Å². The quantitative estimate of drug-likeness (QED) is 0.879. The molecule has 1 aromatic carbocycles. The fourth-order valence-electron chi connectivity index (χ4n) is 1.76. The topological polar surface area (TPSA) is 60.3 Å². The van der Waals surface area contributed by atoms with Crippen molar-refractivity contribution in [2.45, 2.75) is 0 Å². The van der Waals surface area contributed by atoms with E-state index in [-0.39, 0.29) is 5.91 Å². The molecule has 21 heavy (non-hydrogen) atoms. The fraction of sp³-hybridized carbons (Fsp3) is 0.143. The number of carbonyl (C=O) groups excluding carboxylic acids is 2. The van der Waals surface area contributed by atoms with E-state index in [4.69, 9.17) is 23.2 Å². The number of benzene rings is 1. The van der Waals surface area contributed by atoms with Crippen LogP contribution in [0.5, 0.6) is 0 Å². The van der Waals surface area contributed by atoms with E-state index >= 15 is 0 Å². The van der Waals surface area contributed by atoms with Gasteiger partial charge in [-0.05, 0) is 30.3 Å². The standard InChI is InChI=1S/C14H12Cl2N2O3/c1-18-11(7-10(15)12(18)16)13(19)17-9-5-3-8(4-6-9)14(20)21-2/h3-7H,1-2H3,(H,17,19). The first kappa shape index (κ1) is 15.4. The Morgan fingerprint density at radius 1 is 1.19 bits per heavy atom. The van der Waals surface area contributed by atoms with Crippen LogP contribution >= 0.6 is 23.2 Å². The van der Waals surface area contributed by atoms with Crippen LogP contribution in [0, 0.1) is 0 Å². The van der Waals surface area contributed by atoms with Gasteiger partial charge in [-0.2, -0.15) is 0 Å². The van der Waals surface area contributed by atoms with Crippen molar-refractivity contribution in [1.82, 2.24) is 4.57 Å². The molecule has 0 saturated heterocycles. The number of hydrogen-bond donors (Lipinski definition) is 1. The molecule has 2 aromatic rings. The van der Waals surface area contributed by atoms with Crippen molar-refractivity contribution in [3.05, 3.63) is 51.8 Å². The molecular weight excluding hydrogens is 315 g/mol. The summed E-state index contributed by atoms with van der Waals surface area (Å²) in [6, 6.07) is 7.83. The summed E-state index contributed by atoms with van der Waals surface area (Å²) in [6.45, 7) is 0. The van der Waals surface area contributed by atoms with Crippen LogP contribution in [0.4, 0.5) is 5.69 Å². The van der Waals surface area contributed by atoms with Crippen molar-refractivity contribution in [3.8, 4) is 0 Å². The van der Waals surface area contributed by atoms with Gasteiger partial charge in [0, 0.05) is 12.7 Å². The highest BCUT2D eigenvalue weighted by Crippen LogP contribution is 2.25. The molecule has 1 aromatic heterocycles. The zero-order valence-electron chi connectivity index (χ0n) is 11.3. The SMILES string of the molecule is COC(=O)c1ccc(NC(=O)c2cc(Cl)c(Cl)n2C)cc1. The number of rotatable bonds is 3. The van der Waals surface area contributed by atoms with Crippen LogP contribution in [0.2, 0.25) is 10.2 Å². The summed E-state index contributed by atoms with van der Waals surface area (Å²) < 4.78 is 6.09. The molecule has 0 aliphatic carbocycles. The second-order valence-electron chi connectivity index (χ2n) is 4.25. The monoisotopic (exact) mass is 326 g/mol. The number of nitrogens with one attached hydrogen (secondary N) is 1. The number of methoxy groups -OCH3 is 1. The van der Waals surface area contributed by atoms with Gasteiger partial charge in [0.2, 0.25) is 0 Å². The van der Waals surface area contributed by atoms with Crippen molar-refractivity contribution >= 4 is 40.8 Å². The van der Waals surface area contributed by atoms with Crippen molar-refractivity contribution in [1.29, 1.82) is 0 Å². The molecule has 0 aliphatic rings. The van der Waals surface area contributed by atoms with Crippen LogP contribution in [0.3, 0.4) is 0 Å². The van der Waals surface area contributed by atoms with Gasteiger partial charge in [0.25, 0.3) is 5.91 Å². The molecule has 0 fully saturated rings. The highest BCUT2D eigenvalue weighted by atomic mass is 35.5. The fourth-order valence-corrected chi connectivity index (χ4v) is 2.14. The molecule has 110 valence electrons. The average Bonchev–Trinajstić information content (AvgIpc) is 2.75. The predicted octanol–water partition coefficient (Wildman–Crippen LogP) is 3.37. The lowest BCUT2D eigenvalue weighted by atomic mass is 10.2. The Kier molecular flexibility index (Phi) is 4.55. The Morgan fingerprint density at radius 3 is 2.29 bits per heavy atom. The molecule has 7 heteroatoms. The van der Waals surface area contributed by atoms with Crippen LogP contribution in [0.15, 0.2) is 30.3 Å². The van der Waals surface area contributed by atoms with E-state index in [1.54, 1.807) is 31.3 Å². The summed E-state index contributed by atoms with van der Waals surface area (Å²) in [5.41, 5.74) is 1.28. The molecule has 1 N–H and O–H groups in total. The number of amides is 1. The number of nitrogens with zero attached hydrogens (tertiary/aromatic N) is 1. The van der Waals surface area contributed by atoms with Gasteiger partial charge in [-0.1, -0.05) is 23.2 Å². The summed E-state index contributed by atoms with van der Waals surface area (Å²) in [6.07, 6.45) is 0. The maximum absolute atomic E-state index is 12.1. The van der Waals surface area contributed by atoms with Crippen LogP contribution in [0.1, 0.15) is 20.8 Å².